The lowest BCUT2D eigenvalue weighted by molar-refractivity contribution is -0.118. The van der Waals surface area contributed by atoms with E-state index in [2.05, 4.69) is 10.3 Å². The van der Waals surface area contributed by atoms with Crippen LogP contribution in [0.2, 0.25) is 0 Å². The SMILES string of the molecule is Cc1cc(NC(=O)COc2cccc(N)c2)ccn1. The number of amides is 1. The lowest BCUT2D eigenvalue weighted by atomic mass is 10.3. The minimum Gasteiger partial charge on any atom is -0.484 e. The first-order chi connectivity index (χ1) is 9.13. The molecule has 2 rings (SSSR count). The molecular formula is C14H15N3O2. The molecule has 2 aromatic rings. The summed E-state index contributed by atoms with van der Waals surface area (Å²) in [5, 5.41) is 2.73. The van der Waals surface area contributed by atoms with Gasteiger partial charge in [-0.3, -0.25) is 9.78 Å². The Labute approximate surface area is 111 Å². The van der Waals surface area contributed by atoms with Crippen LogP contribution in [0.5, 0.6) is 5.75 Å². The summed E-state index contributed by atoms with van der Waals surface area (Å²) < 4.78 is 5.34. The number of nitrogens with one attached hydrogen (secondary N) is 1. The van der Waals surface area contributed by atoms with Crippen LogP contribution in [0, 0.1) is 6.92 Å². The van der Waals surface area contributed by atoms with Crippen molar-refractivity contribution in [3.05, 3.63) is 48.3 Å². The number of pyridine rings is 1. The maximum atomic E-state index is 11.7. The number of rotatable bonds is 4. The Morgan fingerprint density at radius 2 is 2.21 bits per heavy atom. The molecule has 98 valence electrons. The Kier molecular flexibility index (Phi) is 3.97. The van der Waals surface area contributed by atoms with Crippen molar-refractivity contribution < 1.29 is 9.53 Å². The molecular weight excluding hydrogens is 242 g/mol. The highest BCUT2D eigenvalue weighted by Crippen LogP contribution is 2.14. The predicted molar refractivity (Wildman–Crippen MR) is 74.0 cm³/mol. The van der Waals surface area contributed by atoms with E-state index in [4.69, 9.17) is 10.5 Å². The van der Waals surface area contributed by atoms with Gasteiger partial charge in [-0.15, -0.1) is 0 Å². The number of anilines is 2. The van der Waals surface area contributed by atoms with Crippen LogP contribution in [0.15, 0.2) is 42.6 Å². The minimum atomic E-state index is -0.229. The normalized spacial score (nSPS) is 9.95. The topological polar surface area (TPSA) is 77.2 Å². The van der Waals surface area contributed by atoms with Gasteiger partial charge in [0.15, 0.2) is 6.61 Å². The van der Waals surface area contributed by atoms with Gasteiger partial charge in [0.2, 0.25) is 0 Å². The molecule has 19 heavy (non-hydrogen) atoms. The maximum Gasteiger partial charge on any atom is 0.262 e. The van der Waals surface area contributed by atoms with E-state index in [9.17, 15) is 4.79 Å². The van der Waals surface area contributed by atoms with Crippen molar-refractivity contribution in [2.24, 2.45) is 0 Å². The van der Waals surface area contributed by atoms with E-state index in [-0.39, 0.29) is 12.5 Å². The van der Waals surface area contributed by atoms with E-state index in [1.807, 2.05) is 6.92 Å². The van der Waals surface area contributed by atoms with Gasteiger partial charge < -0.3 is 15.8 Å². The van der Waals surface area contributed by atoms with Crippen LogP contribution in [-0.2, 0) is 4.79 Å². The van der Waals surface area contributed by atoms with Crippen molar-refractivity contribution in [3.8, 4) is 5.75 Å². The zero-order chi connectivity index (χ0) is 13.7. The van der Waals surface area contributed by atoms with Crippen molar-refractivity contribution >= 4 is 17.3 Å². The lowest BCUT2D eigenvalue weighted by Gasteiger charge is -2.08. The van der Waals surface area contributed by atoms with E-state index in [1.54, 1.807) is 42.6 Å². The quantitative estimate of drug-likeness (QED) is 0.821. The minimum absolute atomic E-state index is 0.0647. The summed E-state index contributed by atoms with van der Waals surface area (Å²) >= 11 is 0. The molecule has 0 spiro atoms. The summed E-state index contributed by atoms with van der Waals surface area (Å²) in [5.41, 5.74) is 7.76. The number of nitrogens with zero attached hydrogens (tertiary/aromatic N) is 1. The van der Waals surface area contributed by atoms with Crippen molar-refractivity contribution in [2.45, 2.75) is 6.92 Å². The Morgan fingerprint density at radius 1 is 1.37 bits per heavy atom. The van der Waals surface area contributed by atoms with Gasteiger partial charge in [0.05, 0.1) is 0 Å². The van der Waals surface area contributed by atoms with E-state index < -0.39 is 0 Å². The summed E-state index contributed by atoms with van der Waals surface area (Å²) in [6, 6.07) is 10.5. The molecule has 0 fully saturated rings. The second-order valence-electron chi connectivity index (χ2n) is 4.10. The number of carbonyl (C=O) groups excluding carboxylic acids is 1. The van der Waals surface area contributed by atoms with E-state index in [1.165, 1.54) is 0 Å². The first-order valence-corrected chi connectivity index (χ1v) is 5.84. The number of nitrogens with two attached hydrogens (primary N) is 1. The summed E-state index contributed by atoms with van der Waals surface area (Å²) in [5.74, 6) is 0.342. The molecule has 1 aromatic heterocycles. The second-order valence-corrected chi connectivity index (χ2v) is 4.10. The molecule has 1 amide bonds. The molecule has 0 aliphatic rings. The number of hydrogen-bond acceptors (Lipinski definition) is 4. The fourth-order valence-electron chi connectivity index (χ4n) is 1.57. The van der Waals surface area contributed by atoms with Gasteiger partial charge in [-0.2, -0.15) is 0 Å². The van der Waals surface area contributed by atoms with Crippen molar-refractivity contribution in [1.29, 1.82) is 0 Å². The molecule has 5 nitrogen and oxygen atoms in total. The first-order valence-electron chi connectivity index (χ1n) is 5.84. The molecule has 0 unspecified atom stereocenters. The Balaban J connectivity index is 1.88. The fourth-order valence-corrected chi connectivity index (χ4v) is 1.57. The van der Waals surface area contributed by atoms with Crippen LogP contribution in [0.4, 0.5) is 11.4 Å². The molecule has 1 aromatic carbocycles. The fraction of sp³-hybridized carbons (Fsp3) is 0.143. The van der Waals surface area contributed by atoms with Crippen molar-refractivity contribution in [2.75, 3.05) is 17.7 Å². The molecule has 0 bridgehead atoms. The highest BCUT2D eigenvalue weighted by molar-refractivity contribution is 5.91. The average Bonchev–Trinajstić information content (AvgIpc) is 2.36. The van der Waals surface area contributed by atoms with Gasteiger partial charge in [0.25, 0.3) is 5.91 Å². The molecule has 0 saturated carbocycles. The lowest BCUT2D eigenvalue weighted by Crippen LogP contribution is -2.20. The van der Waals surface area contributed by atoms with E-state index >= 15 is 0 Å². The van der Waals surface area contributed by atoms with Gasteiger partial charge in [-0.05, 0) is 31.2 Å². The van der Waals surface area contributed by atoms with Gasteiger partial charge in [-0.25, -0.2) is 0 Å². The molecule has 0 saturated heterocycles. The summed E-state index contributed by atoms with van der Waals surface area (Å²) in [7, 11) is 0. The summed E-state index contributed by atoms with van der Waals surface area (Å²) in [6.45, 7) is 1.80. The van der Waals surface area contributed by atoms with Gasteiger partial charge in [0.1, 0.15) is 5.75 Å². The smallest absolute Gasteiger partial charge is 0.262 e. The molecule has 1 heterocycles. The van der Waals surface area contributed by atoms with Crippen LogP contribution in [0.3, 0.4) is 0 Å². The van der Waals surface area contributed by atoms with Crippen molar-refractivity contribution in [1.82, 2.24) is 4.98 Å². The molecule has 0 atom stereocenters. The number of benzene rings is 1. The van der Waals surface area contributed by atoms with Gasteiger partial charge in [-0.1, -0.05) is 6.07 Å². The number of carbonyl (C=O) groups is 1. The van der Waals surface area contributed by atoms with Gasteiger partial charge in [0, 0.05) is 29.3 Å². The highest BCUT2D eigenvalue weighted by Gasteiger charge is 2.04. The third kappa shape index (κ3) is 3.99. The van der Waals surface area contributed by atoms with E-state index in [0.717, 1.165) is 5.69 Å². The molecule has 3 N–H and O–H groups in total. The molecule has 0 aliphatic carbocycles. The monoisotopic (exact) mass is 257 g/mol. The van der Waals surface area contributed by atoms with Crippen LogP contribution in [0.25, 0.3) is 0 Å². The molecule has 0 radical (unpaired) electrons. The third-order valence-corrected chi connectivity index (χ3v) is 2.41. The van der Waals surface area contributed by atoms with Crippen molar-refractivity contribution in [3.63, 3.8) is 0 Å². The first kappa shape index (κ1) is 12.9. The van der Waals surface area contributed by atoms with Crippen LogP contribution < -0.4 is 15.8 Å². The number of aromatic nitrogens is 1. The Hall–Kier alpha value is -2.56. The van der Waals surface area contributed by atoms with Crippen LogP contribution >= 0.6 is 0 Å². The molecule has 0 aliphatic heterocycles. The third-order valence-electron chi connectivity index (χ3n) is 2.41. The standard InChI is InChI=1S/C14H15N3O2/c1-10-7-12(5-6-16-10)17-14(18)9-19-13-4-2-3-11(15)8-13/h2-8H,9,15H2,1H3,(H,16,17,18). The predicted octanol–water partition coefficient (Wildman–Crippen LogP) is 1.99. The Morgan fingerprint density at radius 3 is 2.95 bits per heavy atom. The second kappa shape index (κ2) is 5.86. The molecule has 5 heteroatoms. The Bertz CT molecular complexity index is 584. The number of ether oxygens (including phenoxy) is 1. The number of nitrogen functional groups attached to an aromatic ring is 1. The van der Waals surface area contributed by atoms with E-state index in [0.29, 0.717) is 17.1 Å². The maximum absolute atomic E-state index is 11.7. The average molecular weight is 257 g/mol. The van der Waals surface area contributed by atoms with Gasteiger partial charge >= 0.3 is 0 Å². The summed E-state index contributed by atoms with van der Waals surface area (Å²) in [4.78, 5) is 15.7. The number of aryl methyl sites for hydroxylation is 1. The zero-order valence-electron chi connectivity index (χ0n) is 10.6. The zero-order valence-corrected chi connectivity index (χ0v) is 10.6. The highest BCUT2D eigenvalue weighted by atomic mass is 16.5. The summed E-state index contributed by atoms with van der Waals surface area (Å²) in [6.07, 6.45) is 1.64. The van der Waals surface area contributed by atoms with Crippen LogP contribution in [-0.4, -0.2) is 17.5 Å². The largest absolute Gasteiger partial charge is 0.484 e. The number of hydrogen-bond donors (Lipinski definition) is 2. The van der Waals surface area contributed by atoms with Crippen LogP contribution in [0.1, 0.15) is 5.69 Å².